The van der Waals surface area contributed by atoms with Gasteiger partial charge in [-0.25, -0.2) is 9.78 Å². The van der Waals surface area contributed by atoms with E-state index < -0.39 is 29.1 Å². The van der Waals surface area contributed by atoms with Crippen molar-refractivity contribution in [2.75, 3.05) is 11.9 Å². The summed E-state index contributed by atoms with van der Waals surface area (Å²) in [6, 6.07) is 6.44. The largest absolute Gasteiger partial charge is 0.479 e. The van der Waals surface area contributed by atoms with Crippen LogP contribution in [0.1, 0.15) is 19.3 Å². The highest BCUT2D eigenvalue weighted by atomic mass is 19.1. The summed E-state index contributed by atoms with van der Waals surface area (Å²) < 4.78 is 20.5. The van der Waals surface area contributed by atoms with Gasteiger partial charge in [0.1, 0.15) is 5.39 Å². The molecule has 1 aliphatic heterocycles. The van der Waals surface area contributed by atoms with Crippen molar-refractivity contribution in [3.63, 3.8) is 0 Å². The summed E-state index contributed by atoms with van der Waals surface area (Å²) in [5, 5.41) is 26.3. The number of nitriles is 1. The van der Waals surface area contributed by atoms with E-state index >= 15 is 0 Å². The molecule has 1 aliphatic rings. The van der Waals surface area contributed by atoms with Crippen molar-refractivity contribution in [2.45, 2.75) is 30.9 Å². The fraction of sp³-hybridized carbons (Fsp3) is 0.316. The number of rotatable bonds is 5. The highest BCUT2D eigenvalue weighted by Gasteiger charge is 2.42. The van der Waals surface area contributed by atoms with Gasteiger partial charge >= 0.3 is 5.97 Å². The van der Waals surface area contributed by atoms with E-state index in [-0.39, 0.29) is 30.7 Å². The molecule has 2 atom stereocenters. The van der Waals surface area contributed by atoms with Gasteiger partial charge in [-0.05, 0) is 25.0 Å². The number of aromatic nitrogens is 4. The number of halogens is 1. The Kier molecular flexibility index (Phi) is 4.93. The fourth-order valence-corrected chi connectivity index (χ4v) is 3.68. The van der Waals surface area contributed by atoms with E-state index in [4.69, 9.17) is 4.74 Å². The molecule has 0 aromatic carbocycles. The zero-order valence-electron chi connectivity index (χ0n) is 15.6. The topological polar surface area (TPSA) is 146 Å². The van der Waals surface area contributed by atoms with Gasteiger partial charge < -0.3 is 20.1 Å². The number of anilines is 2. The number of hydrogen-bond donors (Lipinski definition) is 3. The molecule has 1 saturated heterocycles. The third kappa shape index (κ3) is 3.37. The molecule has 10 nitrogen and oxygen atoms in total. The van der Waals surface area contributed by atoms with Crippen LogP contribution in [0.2, 0.25) is 0 Å². The first-order valence-electron chi connectivity index (χ1n) is 9.14. The molecule has 11 heteroatoms. The Hall–Kier alpha value is -3.78. The molecule has 3 N–H and O–H groups in total. The van der Waals surface area contributed by atoms with Gasteiger partial charge in [-0.15, -0.1) is 0 Å². The summed E-state index contributed by atoms with van der Waals surface area (Å²) >= 11 is 0. The highest BCUT2D eigenvalue weighted by molar-refractivity contribution is 5.91. The Balaban J connectivity index is 1.82. The maximum absolute atomic E-state index is 13.5. The summed E-state index contributed by atoms with van der Waals surface area (Å²) in [5.41, 5.74) is -0.570. The molecule has 4 heterocycles. The van der Waals surface area contributed by atoms with Gasteiger partial charge in [0.15, 0.2) is 11.9 Å². The summed E-state index contributed by atoms with van der Waals surface area (Å²) in [5.74, 6) is -1.58. The zero-order valence-corrected chi connectivity index (χ0v) is 15.6. The van der Waals surface area contributed by atoms with Crippen LogP contribution >= 0.6 is 0 Å². The highest BCUT2D eigenvalue weighted by Crippen LogP contribution is 2.37. The Labute approximate surface area is 168 Å². The van der Waals surface area contributed by atoms with Crippen LogP contribution in [-0.4, -0.2) is 43.5 Å². The van der Waals surface area contributed by atoms with E-state index in [2.05, 4.69) is 26.5 Å². The van der Waals surface area contributed by atoms with Gasteiger partial charge in [0.2, 0.25) is 5.95 Å². The molecule has 0 bridgehead atoms. The Morgan fingerprint density at radius 2 is 2.37 bits per heavy atom. The third-order valence-electron chi connectivity index (χ3n) is 5.15. The fourth-order valence-electron chi connectivity index (χ4n) is 3.68. The molecule has 2 unspecified atom stereocenters. The normalized spacial score (nSPS) is 21.3. The first-order chi connectivity index (χ1) is 14.4. The molecule has 0 amide bonds. The maximum atomic E-state index is 13.5. The number of fused-ring (bicyclic) bond motifs is 1. The number of H-pyrrole nitrogens is 1. The molecule has 4 rings (SSSR count). The average molecular weight is 412 g/mol. The van der Waals surface area contributed by atoms with Crippen molar-refractivity contribution in [1.82, 2.24) is 19.7 Å². The van der Waals surface area contributed by atoms with Crippen molar-refractivity contribution >= 4 is 28.4 Å². The lowest BCUT2D eigenvalue weighted by atomic mass is 9.87. The van der Waals surface area contributed by atoms with Gasteiger partial charge in [-0.2, -0.15) is 14.8 Å². The second-order valence-electron chi connectivity index (χ2n) is 7.06. The standard InChI is InChI=1S/C19H17FN6O4/c20-14-9-11(2-7-22-14)24-16-15-12(3-8-23-17(15)27)26(25-16)19(5-6-21)4-1-13(18(28)29)30-10-19/h2-3,7-9,13H,1,4-5,10H2,(H,23,27)(H,28,29)(H,22,24,25). The van der Waals surface area contributed by atoms with Gasteiger partial charge in [0, 0.05) is 24.1 Å². The first kappa shape index (κ1) is 19.5. The van der Waals surface area contributed by atoms with E-state index in [0.29, 0.717) is 17.6 Å². The molecular weight excluding hydrogens is 395 g/mol. The minimum Gasteiger partial charge on any atom is -0.479 e. The lowest BCUT2D eigenvalue weighted by molar-refractivity contribution is -0.158. The quantitative estimate of drug-likeness (QED) is 0.538. The number of nitrogens with zero attached hydrogens (tertiary/aromatic N) is 4. The minimum absolute atomic E-state index is 0.00619. The molecule has 154 valence electrons. The van der Waals surface area contributed by atoms with Crippen LogP contribution in [0.5, 0.6) is 0 Å². The Morgan fingerprint density at radius 3 is 3.03 bits per heavy atom. The SMILES string of the molecule is N#CCC1(n2nc(Nc3ccnc(F)c3)c3c(=O)[nH]ccc32)CCC(C(=O)O)OC1. The second-order valence-corrected chi connectivity index (χ2v) is 7.06. The van der Waals surface area contributed by atoms with Crippen molar-refractivity contribution in [1.29, 1.82) is 5.26 Å². The molecule has 3 aromatic rings. The summed E-state index contributed by atoms with van der Waals surface area (Å²) in [6.45, 7) is -0.0512. The molecule has 30 heavy (non-hydrogen) atoms. The average Bonchev–Trinajstić information content (AvgIpc) is 3.09. The monoisotopic (exact) mass is 412 g/mol. The number of aromatic amines is 1. The first-order valence-corrected chi connectivity index (χ1v) is 9.14. The van der Waals surface area contributed by atoms with Crippen LogP contribution in [0.15, 0.2) is 35.4 Å². The van der Waals surface area contributed by atoms with Crippen LogP contribution < -0.4 is 10.9 Å². The molecule has 0 aliphatic carbocycles. The van der Waals surface area contributed by atoms with Crippen molar-refractivity contribution < 1.29 is 19.0 Å². The van der Waals surface area contributed by atoms with E-state index in [9.17, 15) is 24.3 Å². The van der Waals surface area contributed by atoms with Crippen LogP contribution in [0.4, 0.5) is 15.9 Å². The van der Waals surface area contributed by atoms with Gasteiger partial charge in [-0.1, -0.05) is 0 Å². The van der Waals surface area contributed by atoms with Crippen LogP contribution in [0.3, 0.4) is 0 Å². The molecule has 3 aromatic heterocycles. The number of nitrogens with one attached hydrogen (secondary N) is 2. The number of pyridine rings is 2. The third-order valence-corrected chi connectivity index (χ3v) is 5.15. The number of carbonyl (C=O) groups is 1. The molecule has 0 spiro atoms. The van der Waals surface area contributed by atoms with Crippen LogP contribution in [0, 0.1) is 17.3 Å². The Bertz CT molecular complexity index is 1210. The smallest absolute Gasteiger partial charge is 0.332 e. The summed E-state index contributed by atoms with van der Waals surface area (Å²) in [4.78, 5) is 29.9. The van der Waals surface area contributed by atoms with E-state index in [0.717, 1.165) is 6.07 Å². The van der Waals surface area contributed by atoms with Crippen LogP contribution in [-0.2, 0) is 15.1 Å². The molecule has 0 saturated carbocycles. The maximum Gasteiger partial charge on any atom is 0.332 e. The number of carboxylic acids is 1. The van der Waals surface area contributed by atoms with Crippen LogP contribution in [0.25, 0.3) is 10.9 Å². The number of ether oxygens (including phenoxy) is 1. The van der Waals surface area contributed by atoms with E-state index in [1.165, 1.54) is 18.5 Å². The minimum atomic E-state index is -1.07. The summed E-state index contributed by atoms with van der Waals surface area (Å²) in [7, 11) is 0. The summed E-state index contributed by atoms with van der Waals surface area (Å²) in [6.07, 6.45) is 2.30. The zero-order chi connectivity index (χ0) is 21.3. The van der Waals surface area contributed by atoms with Gasteiger partial charge in [-0.3, -0.25) is 9.48 Å². The predicted molar refractivity (Wildman–Crippen MR) is 103 cm³/mol. The number of aliphatic carboxylic acids is 1. The van der Waals surface area contributed by atoms with Gasteiger partial charge in [0.05, 0.1) is 30.2 Å². The number of hydrogen-bond acceptors (Lipinski definition) is 7. The second kappa shape index (κ2) is 7.57. The van der Waals surface area contributed by atoms with Crippen molar-refractivity contribution in [2.24, 2.45) is 0 Å². The molecule has 1 fully saturated rings. The molecule has 0 radical (unpaired) electrons. The van der Waals surface area contributed by atoms with Crippen molar-refractivity contribution in [3.05, 3.63) is 46.9 Å². The van der Waals surface area contributed by atoms with E-state index in [1.807, 2.05) is 0 Å². The molecular formula is C19H17FN6O4. The van der Waals surface area contributed by atoms with Gasteiger partial charge in [0.25, 0.3) is 5.56 Å². The predicted octanol–water partition coefficient (Wildman–Crippen LogP) is 1.87. The van der Waals surface area contributed by atoms with Crippen molar-refractivity contribution in [3.8, 4) is 6.07 Å². The number of carboxylic acid groups (broad SMARTS) is 1. The lowest BCUT2D eigenvalue weighted by Gasteiger charge is -2.38. The Morgan fingerprint density at radius 1 is 1.53 bits per heavy atom. The lowest BCUT2D eigenvalue weighted by Crippen LogP contribution is -2.46. The van der Waals surface area contributed by atoms with E-state index in [1.54, 1.807) is 10.7 Å².